The van der Waals surface area contributed by atoms with Gasteiger partial charge < -0.3 is 24.4 Å². The van der Waals surface area contributed by atoms with Crippen molar-refractivity contribution in [3.05, 3.63) is 0 Å². The number of fused-ring (bicyclic) bond motifs is 1. The summed E-state index contributed by atoms with van der Waals surface area (Å²) in [7, 11) is 0. The van der Waals surface area contributed by atoms with Gasteiger partial charge >= 0.3 is 5.97 Å². The quantitative estimate of drug-likeness (QED) is 0.565. The zero-order chi connectivity index (χ0) is 11.2. The third kappa shape index (κ3) is 1.74. The summed E-state index contributed by atoms with van der Waals surface area (Å²) < 4.78 is 15.3. The Kier molecular flexibility index (Phi) is 2.68. The maximum atomic E-state index is 11.0. The van der Waals surface area contributed by atoms with Gasteiger partial charge in [0.2, 0.25) is 0 Å². The van der Waals surface area contributed by atoms with Crippen molar-refractivity contribution in [1.82, 2.24) is 0 Å². The predicted molar refractivity (Wildman–Crippen MR) is 46.8 cm³/mol. The van der Waals surface area contributed by atoms with Crippen molar-refractivity contribution in [2.75, 3.05) is 0 Å². The van der Waals surface area contributed by atoms with E-state index < -0.39 is 36.7 Å². The Morgan fingerprint density at radius 3 is 2.53 bits per heavy atom. The fourth-order valence-corrected chi connectivity index (χ4v) is 1.77. The number of esters is 1. The molecule has 0 aromatic heterocycles. The van der Waals surface area contributed by atoms with Crippen LogP contribution in [0.15, 0.2) is 0 Å². The van der Waals surface area contributed by atoms with Gasteiger partial charge in [0.05, 0.1) is 6.10 Å². The molecule has 86 valence electrons. The molecule has 2 fully saturated rings. The highest BCUT2D eigenvalue weighted by atomic mass is 16.7. The second-order valence-electron chi connectivity index (χ2n) is 3.99. The smallest absolute Gasteiger partial charge is 0.338 e. The third-order valence-corrected chi connectivity index (χ3v) is 2.44. The van der Waals surface area contributed by atoms with E-state index in [-0.39, 0.29) is 6.10 Å². The van der Waals surface area contributed by atoms with Gasteiger partial charge in [0.1, 0.15) is 12.2 Å². The number of carbonyl (C=O) groups is 1. The van der Waals surface area contributed by atoms with Crippen LogP contribution in [0.4, 0.5) is 0 Å². The molecule has 2 saturated heterocycles. The summed E-state index contributed by atoms with van der Waals surface area (Å²) in [5.74, 6) is -0.757. The summed E-state index contributed by atoms with van der Waals surface area (Å²) in [6, 6.07) is 0. The second-order valence-corrected chi connectivity index (χ2v) is 3.99. The Labute approximate surface area is 86.7 Å². The number of aliphatic hydroxyl groups is 2. The van der Waals surface area contributed by atoms with Gasteiger partial charge in [-0.25, -0.2) is 4.79 Å². The maximum Gasteiger partial charge on any atom is 0.338 e. The zero-order valence-corrected chi connectivity index (χ0v) is 8.49. The molecule has 0 radical (unpaired) electrons. The maximum absolute atomic E-state index is 11.0. The lowest BCUT2D eigenvalue weighted by Crippen LogP contribution is -2.34. The van der Waals surface area contributed by atoms with Gasteiger partial charge in [-0.2, -0.15) is 0 Å². The van der Waals surface area contributed by atoms with E-state index in [2.05, 4.69) is 0 Å². The number of ether oxygens (including phenoxy) is 3. The summed E-state index contributed by atoms with van der Waals surface area (Å²) >= 11 is 0. The minimum absolute atomic E-state index is 0.115. The van der Waals surface area contributed by atoms with Crippen molar-refractivity contribution in [1.29, 1.82) is 0 Å². The van der Waals surface area contributed by atoms with Crippen LogP contribution < -0.4 is 0 Å². The minimum atomic E-state index is -1.33. The average molecular weight is 218 g/mol. The number of hydrogen-bond donors (Lipinski definition) is 2. The zero-order valence-electron chi connectivity index (χ0n) is 8.49. The molecule has 0 spiro atoms. The average Bonchev–Trinajstić information content (AvgIpc) is 2.57. The normalized spacial score (nSPS) is 44.6. The Bertz CT molecular complexity index is 265. The van der Waals surface area contributed by atoms with Crippen LogP contribution in [-0.4, -0.2) is 53.0 Å². The van der Waals surface area contributed by atoms with E-state index in [1.165, 1.54) is 0 Å². The van der Waals surface area contributed by atoms with Crippen molar-refractivity contribution in [3.8, 4) is 0 Å². The fourth-order valence-electron chi connectivity index (χ4n) is 1.77. The van der Waals surface area contributed by atoms with Crippen LogP contribution in [0.1, 0.15) is 13.8 Å². The number of aliphatic hydroxyl groups excluding tert-OH is 2. The first-order valence-electron chi connectivity index (χ1n) is 4.88. The molecular weight excluding hydrogens is 204 g/mol. The number of hydrogen-bond acceptors (Lipinski definition) is 6. The molecule has 0 aliphatic carbocycles. The van der Waals surface area contributed by atoms with Crippen LogP contribution in [0.2, 0.25) is 0 Å². The monoisotopic (exact) mass is 218 g/mol. The van der Waals surface area contributed by atoms with Crippen LogP contribution in [0, 0.1) is 0 Å². The van der Waals surface area contributed by atoms with Gasteiger partial charge in [-0.1, -0.05) is 0 Å². The van der Waals surface area contributed by atoms with Crippen LogP contribution in [0.3, 0.4) is 0 Å². The molecule has 2 N–H and O–H groups in total. The van der Waals surface area contributed by atoms with E-state index in [0.717, 1.165) is 0 Å². The van der Waals surface area contributed by atoms with Gasteiger partial charge in [-0.15, -0.1) is 0 Å². The molecule has 6 nitrogen and oxygen atoms in total. The molecule has 0 amide bonds. The molecule has 0 saturated carbocycles. The highest BCUT2D eigenvalue weighted by Gasteiger charge is 2.57. The number of carbonyl (C=O) groups excluding carboxylic acids is 1. The predicted octanol–water partition coefficient (Wildman–Crippen LogP) is -1.22. The third-order valence-electron chi connectivity index (χ3n) is 2.44. The largest absolute Gasteiger partial charge is 0.454 e. The molecule has 15 heavy (non-hydrogen) atoms. The molecular formula is C9H14O6. The second kappa shape index (κ2) is 3.71. The Hall–Kier alpha value is -0.690. The van der Waals surface area contributed by atoms with Crippen LogP contribution in [0.5, 0.6) is 0 Å². The van der Waals surface area contributed by atoms with Crippen molar-refractivity contribution in [2.24, 2.45) is 0 Å². The first-order chi connectivity index (χ1) is 7.00. The fraction of sp³-hybridized carbons (Fsp3) is 0.889. The number of rotatable bonds is 2. The van der Waals surface area contributed by atoms with Crippen molar-refractivity contribution in [3.63, 3.8) is 0 Å². The van der Waals surface area contributed by atoms with Crippen molar-refractivity contribution >= 4 is 5.97 Å². The summed E-state index contributed by atoms with van der Waals surface area (Å²) in [5, 5.41) is 19.1. The lowest BCUT2D eigenvalue weighted by molar-refractivity contribution is -0.199. The van der Waals surface area contributed by atoms with E-state index in [0.29, 0.717) is 0 Å². The van der Waals surface area contributed by atoms with Gasteiger partial charge in [-0.3, -0.25) is 0 Å². The molecule has 0 bridgehead atoms. The topological polar surface area (TPSA) is 85.2 Å². The first-order valence-corrected chi connectivity index (χ1v) is 4.88. The van der Waals surface area contributed by atoms with Crippen LogP contribution >= 0.6 is 0 Å². The van der Waals surface area contributed by atoms with E-state index in [9.17, 15) is 15.0 Å². The molecule has 2 heterocycles. The Morgan fingerprint density at radius 1 is 1.33 bits per heavy atom. The first kappa shape index (κ1) is 10.8. The van der Waals surface area contributed by atoms with E-state index in [1.54, 1.807) is 13.8 Å². The Morgan fingerprint density at radius 2 is 2.00 bits per heavy atom. The summed E-state index contributed by atoms with van der Waals surface area (Å²) in [6.07, 6.45) is -4.98. The summed E-state index contributed by atoms with van der Waals surface area (Å²) in [4.78, 5) is 11.0. The minimum Gasteiger partial charge on any atom is -0.454 e. The SMILES string of the molecule is CC(C)O[C@@H]1O[C@H]2[C@H](OC(=O)[C@H]2O)[C@H]1O. The van der Waals surface area contributed by atoms with Crippen LogP contribution in [-0.2, 0) is 19.0 Å². The Balaban J connectivity index is 2.04. The molecule has 0 aromatic rings. The van der Waals surface area contributed by atoms with Crippen molar-refractivity contribution in [2.45, 2.75) is 50.7 Å². The lowest BCUT2D eigenvalue weighted by Gasteiger charge is -2.19. The molecule has 2 rings (SSSR count). The van der Waals surface area contributed by atoms with E-state index in [1.807, 2.05) is 0 Å². The van der Waals surface area contributed by atoms with E-state index in [4.69, 9.17) is 14.2 Å². The molecule has 0 aromatic carbocycles. The lowest BCUT2D eigenvalue weighted by atomic mass is 10.1. The molecule has 0 unspecified atom stereocenters. The summed E-state index contributed by atoms with van der Waals surface area (Å²) in [5.41, 5.74) is 0. The van der Waals surface area contributed by atoms with Crippen LogP contribution in [0.25, 0.3) is 0 Å². The van der Waals surface area contributed by atoms with Gasteiger partial charge in [0, 0.05) is 0 Å². The highest BCUT2D eigenvalue weighted by molar-refractivity contribution is 5.78. The molecule has 6 heteroatoms. The molecule has 2 aliphatic rings. The highest BCUT2D eigenvalue weighted by Crippen LogP contribution is 2.32. The molecule has 2 aliphatic heterocycles. The van der Waals surface area contributed by atoms with Gasteiger partial charge in [0.15, 0.2) is 18.5 Å². The van der Waals surface area contributed by atoms with Gasteiger partial charge in [0.25, 0.3) is 0 Å². The summed E-state index contributed by atoms with van der Waals surface area (Å²) in [6.45, 7) is 3.60. The van der Waals surface area contributed by atoms with E-state index >= 15 is 0 Å². The molecule has 5 atom stereocenters. The van der Waals surface area contributed by atoms with Gasteiger partial charge in [-0.05, 0) is 13.8 Å². The van der Waals surface area contributed by atoms with Crippen molar-refractivity contribution < 1.29 is 29.2 Å². The standard InChI is InChI=1S/C9H14O6/c1-3(2)13-9-5(11)7-6(15-9)4(10)8(12)14-7/h3-7,9-11H,1-2H3/t4-,5+,6+,7+,9+/m0/s1.